The molecule has 1 unspecified atom stereocenters. The summed E-state index contributed by atoms with van der Waals surface area (Å²) in [5.74, 6) is 0.796. The SMILES string of the molecule is COc1cccc2c1CCNC2Cc1ccc(F)cc1C. The average molecular weight is 285 g/mol. The van der Waals surface area contributed by atoms with Gasteiger partial charge in [0.15, 0.2) is 0 Å². The lowest BCUT2D eigenvalue weighted by atomic mass is 9.89. The molecule has 3 heteroatoms. The van der Waals surface area contributed by atoms with E-state index in [0.717, 1.165) is 30.7 Å². The zero-order valence-corrected chi connectivity index (χ0v) is 12.4. The fourth-order valence-corrected chi connectivity index (χ4v) is 3.14. The lowest BCUT2D eigenvalue weighted by Crippen LogP contribution is -2.31. The first kappa shape index (κ1) is 14.1. The Kier molecular flexibility index (Phi) is 3.93. The number of nitrogens with one attached hydrogen (secondary N) is 1. The van der Waals surface area contributed by atoms with Crippen LogP contribution in [0.4, 0.5) is 4.39 Å². The molecule has 0 aliphatic carbocycles. The molecule has 110 valence electrons. The first-order valence-electron chi connectivity index (χ1n) is 7.33. The van der Waals surface area contributed by atoms with Crippen molar-refractivity contribution >= 4 is 0 Å². The molecule has 0 saturated carbocycles. The van der Waals surface area contributed by atoms with Crippen LogP contribution in [0.2, 0.25) is 0 Å². The summed E-state index contributed by atoms with van der Waals surface area (Å²) in [5, 5.41) is 3.57. The standard InChI is InChI=1S/C18H20FNO/c1-12-10-14(19)7-6-13(12)11-17-15-4-3-5-18(21-2)16(15)8-9-20-17/h3-7,10,17,20H,8-9,11H2,1-2H3. The Balaban J connectivity index is 1.92. The highest BCUT2D eigenvalue weighted by Gasteiger charge is 2.22. The zero-order chi connectivity index (χ0) is 14.8. The third kappa shape index (κ3) is 2.79. The Labute approximate surface area is 125 Å². The quantitative estimate of drug-likeness (QED) is 0.931. The molecular formula is C18H20FNO. The van der Waals surface area contributed by atoms with Crippen LogP contribution in [-0.2, 0) is 12.8 Å². The number of ether oxygens (including phenoxy) is 1. The predicted octanol–water partition coefficient (Wildman–Crippen LogP) is 3.57. The van der Waals surface area contributed by atoms with E-state index in [-0.39, 0.29) is 11.9 Å². The first-order valence-corrected chi connectivity index (χ1v) is 7.33. The minimum absolute atomic E-state index is 0.171. The van der Waals surface area contributed by atoms with E-state index >= 15 is 0 Å². The first-order chi connectivity index (χ1) is 10.2. The van der Waals surface area contributed by atoms with Crippen LogP contribution >= 0.6 is 0 Å². The fraction of sp³-hybridized carbons (Fsp3) is 0.333. The maximum absolute atomic E-state index is 13.2. The van der Waals surface area contributed by atoms with Gasteiger partial charge in [-0.1, -0.05) is 18.2 Å². The van der Waals surface area contributed by atoms with Gasteiger partial charge >= 0.3 is 0 Å². The van der Waals surface area contributed by atoms with Crippen molar-refractivity contribution < 1.29 is 9.13 Å². The Hall–Kier alpha value is -1.87. The van der Waals surface area contributed by atoms with Crippen molar-refractivity contribution in [2.24, 2.45) is 0 Å². The molecule has 0 fully saturated rings. The Morgan fingerprint density at radius 2 is 2.14 bits per heavy atom. The number of benzene rings is 2. The Bertz CT molecular complexity index is 654. The molecule has 2 aromatic rings. The van der Waals surface area contributed by atoms with Gasteiger partial charge in [0.1, 0.15) is 11.6 Å². The smallest absolute Gasteiger partial charge is 0.123 e. The molecular weight excluding hydrogens is 265 g/mol. The summed E-state index contributed by atoms with van der Waals surface area (Å²) in [6, 6.07) is 11.5. The van der Waals surface area contributed by atoms with Crippen LogP contribution in [0, 0.1) is 12.7 Å². The van der Waals surface area contributed by atoms with Crippen molar-refractivity contribution in [3.63, 3.8) is 0 Å². The van der Waals surface area contributed by atoms with Gasteiger partial charge in [-0.05, 0) is 61.2 Å². The molecule has 3 rings (SSSR count). The molecule has 2 aromatic carbocycles. The van der Waals surface area contributed by atoms with Gasteiger partial charge < -0.3 is 10.1 Å². The topological polar surface area (TPSA) is 21.3 Å². The molecule has 0 aromatic heterocycles. The van der Waals surface area contributed by atoms with Crippen molar-refractivity contribution in [2.75, 3.05) is 13.7 Å². The van der Waals surface area contributed by atoms with Crippen molar-refractivity contribution in [1.29, 1.82) is 0 Å². The predicted molar refractivity (Wildman–Crippen MR) is 82.3 cm³/mol. The molecule has 1 aliphatic heterocycles. The van der Waals surface area contributed by atoms with Gasteiger partial charge in [0.05, 0.1) is 7.11 Å². The van der Waals surface area contributed by atoms with E-state index in [4.69, 9.17) is 4.74 Å². The molecule has 1 atom stereocenters. The summed E-state index contributed by atoms with van der Waals surface area (Å²) in [6.45, 7) is 2.91. The summed E-state index contributed by atoms with van der Waals surface area (Å²) >= 11 is 0. The van der Waals surface area contributed by atoms with Gasteiger partial charge in [0, 0.05) is 11.6 Å². The number of aryl methyl sites for hydroxylation is 1. The van der Waals surface area contributed by atoms with Crippen LogP contribution in [-0.4, -0.2) is 13.7 Å². The van der Waals surface area contributed by atoms with Gasteiger partial charge in [0.2, 0.25) is 0 Å². The summed E-state index contributed by atoms with van der Waals surface area (Å²) in [6.07, 6.45) is 1.85. The maximum atomic E-state index is 13.2. The van der Waals surface area contributed by atoms with Crippen LogP contribution < -0.4 is 10.1 Å². The van der Waals surface area contributed by atoms with Gasteiger partial charge in [0.25, 0.3) is 0 Å². The van der Waals surface area contributed by atoms with Crippen LogP contribution in [0.1, 0.15) is 28.3 Å². The molecule has 0 radical (unpaired) electrons. The van der Waals surface area contributed by atoms with Crippen LogP contribution in [0.5, 0.6) is 5.75 Å². The summed E-state index contributed by atoms with van der Waals surface area (Å²) in [4.78, 5) is 0. The van der Waals surface area contributed by atoms with E-state index < -0.39 is 0 Å². The summed E-state index contributed by atoms with van der Waals surface area (Å²) in [7, 11) is 1.72. The van der Waals surface area contributed by atoms with Gasteiger partial charge in [-0.2, -0.15) is 0 Å². The summed E-state index contributed by atoms with van der Waals surface area (Å²) < 4.78 is 18.7. The minimum atomic E-state index is -0.171. The second-order valence-electron chi connectivity index (χ2n) is 5.56. The number of fused-ring (bicyclic) bond motifs is 1. The van der Waals surface area contributed by atoms with Gasteiger partial charge in [-0.15, -0.1) is 0 Å². The van der Waals surface area contributed by atoms with Crippen LogP contribution in [0.25, 0.3) is 0 Å². The summed E-state index contributed by atoms with van der Waals surface area (Å²) in [5.41, 5.74) is 4.78. The van der Waals surface area contributed by atoms with E-state index in [1.54, 1.807) is 13.2 Å². The van der Waals surface area contributed by atoms with Crippen molar-refractivity contribution in [3.8, 4) is 5.75 Å². The van der Waals surface area contributed by atoms with E-state index in [9.17, 15) is 4.39 Å². The van der Waals surface area contributed by atoms with Crippen LogP contribution in [0.15, 0.2) is 36.4 Å². The normalized spacial score (nSPS) is 17.4. The molecule has 1 N–H and O–H groups in total. The van der Waals surface area contributed by atoms with Crippen molar-refractivity contribution in [1.82, 2.24) is 5.32 Å². The third-order valence-electron chi connectivity index (χ3n) is 4.26. The second kappa shape index (κ2) is 5.86. The molecule has 0 spiro atoms. The number of rotatable bonds is 3. The second-order valence-corrected chi connectivity index (χ2v) is 5.56. The van der Waals surface area contributed by atoms with E-state index in [0.29, 0.717) is 0 Å². The lowest BCUT2D eigenvalue weighted by Gasteiger charge is -2.28. The lowest BCUT2D eigenvalue weighted by molar-refractivity contribution is 0.400. The highest BCUT2D eigenvalue weighted by molar-refractivity contribution is 5.44. The third-order valence-corrected chi connectivity index (χ3v) is 4.26. The largest absolute Gasteiger partial charge is 0.496 e. The zero-order valence-electron chi connectivity index (χ0n) is 12.4. The number of methoxy groups -OCH3 is 1. The number of hydrogen-bond donors (Lipinski definition) is 1. The molecule has 1 aliphatic rings. The molecule has 1 heterocycles. The monoisotopic (exact) mass is 285 g/mol. The average Bonchev–Trinajstić information content (AvgIpc) is 2.49. The Morgan fingerprint density at radius 1 is 1.29 bits per heavy atom. The number of halogens is 1. The molecule has 0 amide bonds. The highest BCUT2D eigenvalue weighted by Crippen LogP contribution is 2.32. The maximum Gasteiger partial charge on any atom is 0.123 e. The number of hydrogen-bond acceptors (Lipinski definition) is 2. The van der Waals surface area contributed by atoms with Crippen molar-refractivity contribution in [3.05, 3.63) is 64.5 Å². The molecule has 0 bridgehead atoms. The van der Waals surface area contributed by atoms with E-state index in [2.05, 4.69) is 11.4 Å². The fourth-order valence-electron chi connectivity index (χ4n) is 3.14. The van der Waals surface area contributed by atoms with Gasteiger partial charge in [-0.25, -0.2) is 4.39 Å². The van der Waals surface area contributed by atoms with E-state index in [1.807, 2.05) is 25.1 Å². The minimum Gasteiger partial charge on any atom is -0.496 e. The van der Waals surface area contributed by atoms with Crippen molar-refractivity contribution in [2.45, 2.75) is 25.8 Å². The van der Waals surface area contributed by atoms with Gasteiger partial charge in [-0.3, -0.25) is 0 Å². The highest BCUT2D eigenvalue weighted by atomic mass is 19.1. The molecule has 0 saturated heterocycles. The molecule has 2 nitrogen and oxygen atoms in total. The molecule has 21 heavy (non-hydrogen) atoms. The Morgan fingerprint density at radius 3 is 2.90 bits per heavy atom. The van der Waals surface area contributed by atoms with E-state index in [1.165, 1.54) is 22.8 Å². The van der Waals surface area contributed by atoms with Crippen LogP contribution in [0.3, 0.4) is 0 Å².